The van der Waals surface area contributed by atoms with Crippen molar-refractivity contribution in [2.75, 3.05) is 6.61 Å². The van der Waals surface area contributed by atoms with E-state index in [9.17, 15) is 0 Å². The van der Waals surface area contributed by atoms with E-state index in [-0.39, 0.29) is 6.61 Å². The Bertz CT molecular complexity index is 321. The number of hydrogen-bond acceptors (Lipinski definition) is 2. The number of benzene rings is 1. The summed E-state index contributed by atoms with van der Waals surface area (Å²) in [5, 5.41) is 12.5. The van der Waals surface area contributed by atoms with Crippen LogP contribution in [0, 0.1) is 5.92 Å². The summed E-state index contributed by atoms with van der Waals surface area (Å²) >= 11 is 0. The second-order valence-corrected chi connectivity index (χ2v) is 4.04. The van der Waals surface area contributed by atoms with Gasteiger partial charge >= 0.3 is 0 Å². The van der Waals surface area contributed by atoms with Crippen LogP contribution in [-0.4, -0.2) is 17.8 Å². The maximum Gasteiger partial charge on any atom is 0.0494 e. The molecule has 0 radical (unpaired) electrons. The highest BCUT2D eigenvalue weighted by molar-refractivity contribution is 5.15. The first-order valence-corrected chi connectivity index (χ1v) is 5.45. The van der Waals surface area contributed by atoms with Gasteiger partial charge in [0.25, 0.3) is 0 Å². The van der Waals surface area contributed by atoms with E-state index in [1.165, 1.54) is 5.56 Å². The van der Waals surface area contributed by atoms with Crippen LogP contribution in [0.4, 0.5) is 0 Å². The quantitative estimate of drug-likeness (QED) is 0.730. The van der Waals surface area contributed by atoms with Crippen molar-refractivity contribution in [1.29, 1.82) is 0 Å². The first-order valence-electron chi connectivity index (χ1n) is 5.45. The Morgan fingerprint density at radius 2 is 2.00 bits per heavy atom. The van der Waals surface area contributed by atoms with Gasteiger partial charge < -0.3 is 10.4 Å². The third-order valence-electron chi connectivity index (χ3n) is 2.82. The summed E-state index contributed by atoms with van der Waals surface area (Å²) in [6, 6.07) is 10.8. The molecule has 0 spiro atoms. The SMILES string of the molecule is OCC1C=CC(NCc2ccccc2)C1. The van der Waals surface area contributed by atoms with Crippen LogP contribution in [0.2, 0.25) is 0 Å². The van der Waals surface area contributed by atoms with Crippen molar-refractivity contribution in [3.63, 3.8) is 0 Å². The Labute approximate surface area is 90.6 Å². The van der Waals surface area contributed by atoms with E-state index in [4.69, 9.17) is 5.11 Å². The minimum atomic E-state index is 0.264. The van der Waals surface area contributed by atoms with Gasteiger partial charge in [-0.05, 0) is 12.0 Å². The van der Waals surface area contributed by atoms with Crippen LogP contribution in [0.3, 0.4) is 0 Å². The van der Waals surface area contributed by atoms with Crippen LogP contribution in [0.5, 0.6) is 0 Å². The molecule has 2 N–H and O–H groups in total. The predicted molar refractivity (Wildman–Crippen MR) is 61.4 cm³/mol. The van der Waals surface area contributed by atoms with Crippen molar-refractivity contribution in [3.05, 3.63) is 48.0 Å². The van der Waals surface area contributed by atoms with Crippen LogP contribution >= 0.6 is 0 Å². The van der Waals surface area contributed by atoms with Crippen LogP contribution in [-0.2, 0) is 6.54 Å². The fraction of sp³-hybridized carbons (Fsp3) is 0.385. The van der Waals surface area contributed by atoms with E-state index in [0.29, 0.717) is 12.0 Å². The third kappa shape index (κ3) is 2.91. The zero-order valence-corrected chi connectivity index (χ0v) is 8.76. The molecule has 1 aliphatic carbocycles. The largest absolute Gasteiger partial charge is 0.396 e. The molecule has 15 heavy (non-hydrogen) atoms. The highest BCUT2D eigenvalue weighted by Crippen LogP contribution is 2.17. The van der Waals surface area contributed by atoms with Gasteiger partial charge in [-0.3, -0.25) is 0 Å². The Morgan fingerprint density at radius 1 is 1.20 bits per heavy atom. The minimum absolute atomic E-state index is 0.264. The highest BCUT2D eigenvalue weighted by Gasteiger charge is 2.16. The van der Waals surface area contributed by atoms with Crippen molar-refractivity contribution in [2.24, 2.45) is 5.92 Å². The van der Waals surface area contributed by atoms with Crippen LogP contribution < -0.4 is 5.32 Å². The maximum atomic E-state index is 8.99. The number of nitrogens with one attached hydrogen (secondary N) is 1. The summed E-state index contributed by atoms with van der Waals surface area (Å²) < 4.78 is 0. The van der Waals surface area contributed by atoms with E-state index >= 15 is 0 Å². The second-order valence-electron chi connectivity index (χ2n) is 4.04. The highest BCUT2D eigenvalue weighted by atomic mass is 16.3. The summed E-state index contributed by atoms with van der Waals surface area (Å²) in [7, 11) is 0. The predicted octanol–water partition coefficient (Wildman–Crippen LogP) is 1.71. The lowest BCUT2D eigenvalue weighted by Crippen LogP contribution is -2.25. The molecule has 1 aromatic carbocycles. The lowest BCUT2D eigenvalue weighted by molar-refractivity contribution is 0.246. The number of rotatable bonds is 4. The van der Waals surface area contributed by atoms with E-state index in [2.05, 4.69) is 41.7 Å². The molecule has 0 saturated carbocycles. The zero-order chi connectivity index (χ0) is 10.5. The molecule has 1 aliphatic rings. The zero-order valence-electron chi connectivity index (χ0n) is 8.76. The van der Waals surface area contributed by atoms with Gasteiger partial charge in [0.2, 0.25) is 0 Å². The van der Waals surface area contributed by atoms with Crippen LogP contribution in [0.15, 0.2) is 42.5 Å². The normalized spacial score (nSPS) is 24.6. The average molecular weight is 203 g/mol. The molecule has 2 unspecified atom stereocenters. The fourth-order valence-corrected chi connectivity index (χ4v) is 1.91. The lowest BCUT2D eigenvalue weighted by atomic mass is 10.1. The van der Waals surface area contributed by atoms with Gasteiger partial charge in [0.1, 0.15) is 0 Å². The Morgan fingerprint density at radius 3 is 2.67 bits per heavy atom. The first kappa shape index (κ1) is 10.4. The van der Waals surface area contributed by atoms with E-state index in [1.54, 1.807) is 0 Å². The average Bonchev–Trinajstić information content (AvgIpc) is 2.76. The van der Waals surface area contributed by atoms with Crippen molar-refractivity contribution >= 4 is 0 Å². The molecule has 0 heterocycles. The molecule has 0 aliphatic heterocycles. The van der Waals surface area contributed by atoms with Gasteiger partial charge in [-0.25, -0.2) is 0 Å². The molecule has 0 amide bonds. The van der Waals surface area contributed by atoms with Crippen molar-refractivity contribution in [2.45, 2.75) is 19.0 Å². The van der Waals surface area contributed by atoms with Crippen LogP contribution in [0.1, 0.15) is 12.0 Å². The third-order valence-corrected chi connectivity index (χ3v) is 2.82. The molecule has 2 heteroatoms. The molecule has 2 rings (SSSR count). The summed E-state index contributed by atoms with van der Waals surface area (Å²) in [6.45, 7) is 1.16. The van der Waals surface area contributed by atoms with Gasteiger partial charge in [-0.15, -0.1) is 0 Å². The Kier molecular flexibility index (Phi) is 3.54. The monoisotopic (exact) mass is 203 g/mol. The number of hydrogen-bond donors (Lipinski definition) is 2. The molecule has 2 nitrogen and oxygen atoms in total. The van der Waals surface area contributed by atoms with Gasteiger partial charge in [0, 0.05) is 25.1 Å². The van der Waals surface area contributed by atoms with Gasteiger partial charge in [-0.2, -0.15) is 0 Å². The molecular formula is C13H17NO. The fourth-order valence-electron chi connectivity index (χ4n) is 1.91. The smallest absolute Gasteiger partial charge is 0.0494 e. The van der Waals surface area contributed by atoms with Gasteiger partial charge in [-0.1, -0.05) is 42.5 Å². The molecule has 1 aromatic rings. The summed E-state index contributed by atoms with van der Waals surface area (Å²) in [4.78, 5) is 0. The van der Waals surface area contributed by atoms with Crippen molar-refractivity contribution in [3.8, 4) is 0 Å². The summed E-state index contributed by atoms with van der Waals surface area (Å²) in [6.07, 6.45) is 5.27. The first-order chi connectivity index (χ1) is 7.38. The Hall–Kier alpha value is -1.12. The van der Waals surface area contributed by atoms with Crippen molar-refractivity contribution < 1.29 is 5.11 Å². The van der Waals surface area contributed by atoms with Crippen LogP contribution in [0.25, 0.3) is 0 Å². The molecule has 0 aromatic heterocycles. The molecule has 0 fully saturated rings. The summed E-state index contributed by atoms with van der Waals surface area (Å²) in [5.74, 6) is 0.346. The van der Waals surface area contributed by atoms with Gasteiger partial charge in [0.15, 0.2) is 0 Å². The number of aliphatic hydroxyl groups is 1. The topological polar surface area (TPSA) is 32.3 Å². The minimum Gasteiger partial charge on any atom is -0.396 e. The summed E-state index contributed by atoms with van der Waals surface area (Å²) in [5.41, 5.74) is 1.30. The van der Waals surface area contributed by atoms with E-state index in [1.807, 2.05) is 6.07 Å². The molecule has 2 atom stereocenters. The molecule has 0 bridgehead atoms. The standard InChI is InChI=1S/C13H17NO/c15-10-12-6-7-13(8-12)14-9-11-4-2-1-3-5-11/h1-7,12-15H,8-10H2. The lowest BCUT2D eigenvalue weighted by Gasteiger charge is -2.12. The number of aliphatic hydroxyl groups excluding tert-OH is 1. The molecule has 0 saturated heterocycles. The van der Waals surface area contributed by atoms with E-state index in [0.717, 1.165) is 13.0 Å². The van der Waals surface area contributed by atoms with Gasteiger partial charge in [0.05, 0.1) is 0 Å². The molecule has 80 valence electrons. The maximum absolute atomic E-state index is 8.99. The Balaban J connectivity index is 1.78. The van der Waals surface area contributed by atoms with E-state index < -0.39 is 0 Å². The molecular weight excluding hydrogens is 186 g/mol. The second kappa shape index (κ2) is 5.10. The van der Waals surface area contributed by atoms with Crippen molar-refractivity contribution in [1.82, 2.24) is 5.32 Å².